The molecule has 108 valence electrons. The van der Waals surface area contributed by atoms with E-state index in [-0.39, 0.29) is 18.0 Å². The average molecular weight is 277 g/mol. The average Bonchev–Trinajstić information content (AvgIpc) is 2.71. The maximum Gasteiger partial charge on any atom is 0.129 e. The second-order valence-corrected chi connectivity index (χ2v) is 5.65. The lowest BCUT2D eigenvalue weighted by Gasteiger charge is -2.26. The molecule has 1 aromatic carbocycles. The first kappa shape index (κ1) is 14.9. The monoisotopic (exact) mass is 277 g/mol. The molecule has 1 aliphatic rings. The Morgan fingerprint density at radius 3 is 2.85 bits per heavy atom. The fraction of sp³-hybridized carbons (Fsp3) is 0.533. The molecule has 0 aliphatic carbocycles. The Morgan fingerprint density at radius 1 is 1.50 bits per heavy atom. The van der Waals surface area contributed by atoms with Crippen LogP contribution in [0.25, 0.3) is 0 Å². The Bertz CT molecular complexity index is 512. The summed E-state index contributed by atoms with van der Waals surface area (Å²) in [5.74, 6) is -0.353. The molecule has 1 fully saturated rings. The van der Waals surface area contributed by atoms with E-state index in [9.17, 15) is 9.50 Å². The number of aliphatic hydroxyl groups is 1. The molecule has 2 rings (SSSR count). The molecule has 1 saturated heterocycles. The number of rotatable bonds is 4. The van der Waals surface area contributed by atoms with Crippen molar-refractivity contribution in [2.75, 3.05) is 27.2 Å². The number of hydrogen-bond acceptors (Lipinski definition) is 4. The molecule has 1 aliphatic heterocycles. The maximum atomic E-state index is 13.9. The summed E-state index contributed by atoms with van der Waals surface area (Å²) in [6.45, 7) is 1.88. The third-order valence-corrected chi connectivity index (χ3v) is 3.64. The summed E-state index contributed by atoms with van der Waals surface area (Å²) in [4.78, 5) is 4.18. The molecule has 0 bridgehead atoms. The zero-order valence-electron chi connectivity index (χ0n) is 11.9. The SMILES string of the molecule is CN(C)CC1CC(O)CN1Cc1ccc(C#N)cc1F. The van der Waals surface area contributed by atoms with Gasteiger partial charge in [-0.3, -0.25) is 4.90 Å². The van der Waals surface area contributed by atoms with Crippen LogP contribution in [-0.4, -0.2) is 54.2 Å². The van der Waals surface area contributed by atoms with Gasteiger partial charge < -0.3 is 10.0 Å². The Kier molecular flexibility index (Phi) is 4.71. The van der Waals surface area contributed by atoms with Crippen LogP contribution in [0.2, 0.25) is 0 Å². The van der Waals surface area contributed by atoms with Gasteiger partial charge in [0.05, 0.1) is 17.7 Å². The van der Waals surface area contributed by atoms with E-state index in [0.717, 1.165) is 13.0 Å². The lowest BCUT2D eigenvalue weighted by molar-refractivity contribution is 0.168. The van der Waals surface area contributed by atoms with Crippen LogP contribution in [-0.2, 0) is 6.54 Å². The first-order chi connectivity index (χ1) is 9.49. The van der Waals surface area contributed by atoms with Crippen molar-refractivity contribution in [3.05, 3.63) is 35.1 Å². The van der Waals surface area contributed by atoms with Crippen molar-refractivity contribution in [1.82, 2.24) is 9.80 Å². The molecule has 1 aromatic rings. The second kappa shape index (κ2) is 6.31. The third-order valence-electron chi connectivity index (χ3n) is 3.64. The van der Waals surface area contributed by atoms with Crippen LogP contribution in [0.3, 0.4) is 0 Å². The van der Waals surface area contributed by atoms with Crippen LogP contribution in [0, 0.1) is 17.1 Å². The smallest absolute Gasteiger partial charge is 0.129 e. The topological polar surface area (TPSA) is 50.5 Å². The van der Waals surface area contributed by atoms with E-state index in [2.05, 4.69) is 9.80 Å². The Morgan fingerprint density at radius 2 is 2.25 bits per heavy atom. The molecule has 0 radical (unpaired) electrons. The highest BCUT2D eigenvalue weighted by Gasteiger charge is 2.31. The van der Waals surface area contributed by atoms with E-state index in [4.69, 9.17) is 5.26 Å². The highest BCUT2D eigenvalue weighted by molar-refractivity contribution is 5.32. The molecule has 1 N–H and O–H groups in total. The van der Waals surface area contributed by atoms with Crippen molar-refractivity contribution in [2.24, 2.45) is 0 Å². The number of nitriles is 1. The van der Waals surface area contributed by atoms with E-state index in [1.807, 2.05) is 20.2 Å². The fourth-order valence-corrected chi connectivity index (χ4v) is 2.73. The minimum atomic E-state index is -0.353. The molecular formula is C15H20FN3O. The summed E-state index contributed by atoms with van der Waals surface area (Å²) >= 11 is 0. The molecule has 0 aromatic heterocycles. The minimum absolute atomic E-state index is 0.232. The van der Waals surface area contributed by atoms with E-state index in [0.29, 0.717) is 24.2 Å². The van der Waals surface area contributed by atoms with Crippen LogP contribution >= 0.6 is 0 Å². The highest BCUT2D eigenvalue weighted by atomic mass is 19.1. The van der Waals surface area contributed by atoms with Gasteiger partial charge in [-0.2, -0.15) is 5.26 Å². The number of β-amino-alcohol motifs (C(OH)–C–C–N with tert-alkyl or cyclic N) is 1. The van der Waals surface area contributed by atoms with Gasteiger partial charge in [0.25, 0.3) is 0 Å². The highest BCUT2D eigenvalue weighted by Crippen LogP contribution is 2.22. The van der Waals surface area contributed by atoms with Crippen LogP contribution in [0.1, 0.15) is 17.5 Å². The summed E-state index contributed by atoms with van der Waals surface area (Å²) in [6, 6.07) is 6.72. The molecule has 20 heavy (non-hydrogen) atoms. The third kappa shape index (κ3) is 3.54. The van der Waals surface area contributed by atoms with Gasteiger partial charge in [0.2, 0.25) is 0 Å². The van der Waals surface area contributed by atoms with Crippen molar-refractivity contribution in [3.8, 4) is 6.07 Å². The number of benzene rings is 1. The van der Waals surface area contributed by atoms with E-state index in [1.165, 1.54) is 6.07 Å². The van der Waals surface area contributed by atoms with Gasteiger partial charge in [0.1, 0.15) is 5.82 Å². The number of halogens is 1. The summed E-state index contributed by atoms with van der Waals surface area (Å²) in [5.41, 5.74) is 0.902. The van der Waals surface area contributed by atoms with Crippen LogP contribution in [0.15, 0.2) is 18.2 Å². The van der Waals surface area contributed by atoms with E-state index in [1.54, 1.807) is 12.1 Å². The summed E-state index contributed by atoms with van der Waals surface area (Å²) < 4.78 is 13.9. The first-order valence-corrected chi connectivity index (χ1v) is 6.75. The molecular weight excluding hydrogens is 257 g/mol. The van der Waals surface area contributed by atoms with Gasteiger partial charge >= 0.3 is 0 Å². The van der Waals surface area contributed by atoms with Crippen LogP contribution in [0.5, 0.6) is 0 Å². The largest absolute Gasteiger partial charge is 0.392 e. The predicted molar refractivity (Wildman–Crippen MR) is 74.5 cm³/mol. The standard InChI is InChI=1S/C15H20FN3O/c1-18(2)9-13-6-14(20)10-19(13)8-12-4-3-11(7-17)5-15(12)16/h3-5,13-14,20H,6,8-10H2,1-2H3. The van der Waals surface area contributed by atoms with Crippen molar-refractivity contribution in [3.63, 3.8) is 0 Å². The molecule has 2 atom stereocenters. The number of likely N-dealkylation sites (tertiary alicyclic amines) is 1. The molecule has 5 heteroatoms. The molecule has 0 spiro atoms. The maximum absolute atomic E-state index is 13.9. The zero-order valence-corrected chi connectivity index (χ0v) is 11.9. The molecule has 4 nitrogen and oxygen atoms in total. The van der Waals surface area contributed by atoms with Crippen molar-refractivity contribution < 1.29 is 9.50 Å². The number of aliphatic hydroxyl groups excluding tert-OH is 1. The molecule has 1 heterocycles. The Balaban J connectivity index is 2.10. The molecule has 0 saturated carbocycles. The Labute approximate surface area is 119 Å². The first-order valence-electron chi connectivity index (χ1n) is 6.75. The number of likely N-dealkylation sites (N-methyl/N-ethyl adjacent to an activating group) is 1. The van der Waals surface area contributed by atoms with Crippen LogP contribution in [0.4, 0.5) is 4.39 Å². The minimum Gasteiger partial charge on any atom is -0.392 e. The van der Waals surface area contributed by atoms with Gasteiger partial charge in [-0.05, 0) is 32.6 Å². The number of nitrogens with zero attached hydrogens (tertiary/aromatic N) is 3. The van der Waals surface area contributed by atoms with Gasteiger partial charge in [0.15, 0.2) is 0 Å². The Hall–Kier alpha value is -1.48. The van der Waals surface area contributed by atoms with E-state index >= 15 is 0 Å². The van der Waals surface area contributed by atoms with Gasteiger partial charge in [0, 0.05) is 31.2 Å². The molecule has 2 unspecified atom stereocenters. The van der Waals surface area contributed by atoms with Crippen LogP contribution < -0.4 is 0 Å². The molecule has 0 amide bonds. The van der Waals surface area contributed by atoms with Crippen molar-refractivity contribution in [1.29, 1.82) is 5.26 Å². The number of hydrogen-bond donors (Lipinski definition) is 1. The quantitative estimate of drug-likeness (QED) is 0.898. The van der Waals surface area contributed by atoms with E-state index < -0.39 is 0 Å². The summed E-state index contributed by atoms with van der Waals surface area (Å²) in [7, 11) is 3.98. The van der Waals surface area contributed by atoms with Crippen molar-refractivity contribution in [2.45, 2.75) is 25.1 Å². The lowest BCUT2D eigenvalue weighted by atomic mass is 10.1. The summed E-state index contributed by atoms with van der Waals surface area (Å²) in [6.07, 6.45) is 0.372. The predicted octanol–water partition coefficient (Wildman–Crippen LogP) is 1.19. The van der Waals surface area contributed by atoms with Gasteiger partial charge in [-0.15, -0.1) is 0 Å². The fourth-order valence-electron chi connectivity index (χ4n) is 2.73. The van der Waals surface area contributed by atoms with Crippen molar-refractivity contribution >= 4 is 0 Å². The van der Waals surface area contributed by atoms with Gasteiger partial charge in [-0.25, -0.2) is 4.39 Å². The summed E-state index contributed by atoms with van der Waals surface area (Å²) in [5, 5.41) is 18.6. The normalized spacial score (nSPS) is 23.2. The second-order valence-electron chi connectivity index (χ2n) is 5.65. The van der Waals surface area contributed by atoms with Gasteiger partial charge in [-0.1, -0.05) is 6.07 Å². The lowest BCUT2D eigenvalue weighted by Crippen LogP contribution is -2.37. The zero-order chi connectivity index (χ0) is 14.7.